The minimum Gasteiger partial charge on any atom is -0.495 e. The number of aryl methyl sites for hydroxylation is 1. The summed E-state index contributed by atoms with van der Waals surface area (Å²) < 4.78 is 5.42. The van der Waals surface area contributed by atoms with Crippen LogP contribution in [0.5, 0.6) is 5.75 Å². The lowest BCUT2D eigenvalue weighted by atomic mass is 9.87. The normalized spacial score (nSPS) is 11.3. The van der Waals surface area contributed by atoms with Crippen LogP contribution in [-0.2, 0) is 23.1 Å². The molecule has 152 valence electrons. The number of thiazole rings is 1. The van der Waals surface area contributed by atoms with E-state index in [0.717, 1.165) is 28.2 Å². The van der Waals surface area contributed by atoms with Crippen molar-refractivity contribution < 1.29 is 9.53 Å². The second-order valence-corrected chi connectivity index (χ2v) is 8.94. The summed E-state index contributed by atoms with van der Waals surface area (Å²) in [5.74, 6) is 0.550. The Labute approximate surface area is 177 Å². The quantitative estimate of drug-likeness (QED) is 0.556. The first-order chi connectivity index (χ1) is 13.8. The standard InChI is InChI=1S/C24H28N2O2S/c1-6-16-7-9-17(10-8-16)23-25-19(15-29-23)14-22(27)26-20-13-18(24(2,3)4)11-12-21(20)28-5/h7-13,15H,6,14H2,1-5H3,(H,26,27). The fraction of sp³-hybridized carbons (Fsp3) is 0.333. The van der Waals surface area contributed by atoms with Gasteiger partial charge in [0, 0.05) is 10.9 Å². The number of nitrogens with one attached hydrogen (secondary N) is 1. The molecule has 5 heteroatoms. The molecule has 1 aromatic heterocycles. The zero-order valence-corrected chi connectivity index (χ0v) is 18.5. The van der Waals surface area contributed by atoms with E-state index in [-0.39, 0.29) is 17.7 Å². The number of hydrogen-bond donors (Lipinski definition) is 1. The number of carbonyl (C=O) groups is 1. The summed E-state index contributed by atoms with van der Waals surface area (Å²) >= 11 is 1.56. The molecule has 4 nitrogen and oxygen atoms in total. The van der Waals surface area contributed by atoms with E-state index in [4.69, 9.17) is 4.74 Å². The molecule has 0 radical (unpaired) electrons. The van der Waals surface area contributed by atoms with Crippen LogP contribution in [0.4, 0.5) is 5.69 Å². The van der Waals surface area contributed by atoms with Gasteiger partial charge in [-0.15, -0.1) is 11.3 Å². The van der Waals surface area contributed by atoms with Crippen molar-refractivity contribution in [2.45, 2.75) is 46.0 Å². The maximum Gasteiger partial charge on any atom is 0.230 e. The van der Waals surface area contributed by atoms with Gasteiger partial charge in [-0.1, -0.05) is 58.0 Å². The lowest BCUT2D eigenvalue weighted by Crippen LogP contribution is -2.17. The lowest BCUT2D eigenvalue weighted by Gasteiger charge is -2.21. The molecule has 0 saturated carbocycles. The fourth-order valence-corrected chi connectivity index (χ4v) is 3.86. The van der Waals surface area contributed by atoms with Crippen LogP contribution in [0.15, 0.2) is 47.8 Å². The summed E-state index contributed by atoms with van der Waals surface area (Å²) in [4.78, 5) is 17.3. The Kier molecular flexibility index (Phi) is 6.38. The maximum absolute atomic E-state index is 12.6. The zero-order chi connectivity index (χ0) is 21.0. The molecule has 0 aliphatic rings. The zero-order valence-electron chi connectivity index (χ0n) is 17.7. The molecule has 29 heavy (non-hydrogen) atoms. The van der Waals surface area contributed by atoms with E-state index >= 15 is 0 Å². The van der Waals surface area contributed by atoms with Gasteiger partial charge in [0.15, 0.2) is 0 Å². The van der Waals surface area contributed by atoms with Crippen LogP contribution in [0.1, 0.15) is 44.5 Å². The SMILES string of the molecule is CCc1ccc(-c2nc(CC(=O)Nc3cc(C(C)(C)C)ccc3OC)cs2)cc1. The van der Waals surface area contributed by atoms with Gasteiger partial charge in [0.05, 0.1) is 24.9 Å². The molecular formula is C24H28N2O2S. The van der Waals surface area contributed by atoms with Crippen LogP contribution in [0, 0.1) is 0 Å². The lowest BCUT2D eigenvalue weighted by molar-refractivity contribution is -0.115. The first kappa shape index (κ1) is 21.1. The van der Waals surface area contributed by atoms with Gasteiger partial charge in [-0.2, -0.15) is 0 Å². The third-order valence-corrected chi connectivity index (χ3v) is 5.78. The molecule has 2 aromatic carbocycles. The number of anilines is 1. The molecule has 0 spiro atoms. The van der Waals surface area contributed by atoms with E-state index in [0.29, 0.717) is 11.4 Å². The van der Waals surface area contributed by atoms with Crippen LogP contribution in [-0.4, -0.2) is 18.0 Å². The summed E-state index contributed by atoms with van der Waals surface area (Å²) in [6, 6.07) is 14.3. The third kappa shape index (κ3) is 5.24. The van der Waals surface area contributed by atoms with E-state index in [2.05, 4.69) is 62.3 Å². The highest BCUT2D eigenvalue weighted by Crippen LogP contribution is 2.31. The number of methoxy groups -OCH3 is 1. The molecule has 0 saturated heterocycles. The molecule has 3 rings (SSSR count). The molecule has 3 aromatic rings. The van der Waals surface area contributed by atoms with E-state index in [1.807, 2.05) is 23.6 Å². The molecule has 1 heterocycles. The highest BCUT2D eigenvalue weighted by molar-refractivity contribution is 7.13. The van der Waals surface area contributed by atoms with Gasteiger partial charge in [-0.25, -0.2) is 4.98 Å². The van der Waals surface area contributed by atoms with Crippen molar-refractivity contribution in [2.75, 3.05) is 12.4 Å². The Hall–Kier alpha value is -2.66. The minimum absolute atomic E-state index is 0.0110. The van der Waals surface area contributed by atoms with Gasteiger partial charge in [-0.05, 0) is 35.1 Å². The highest BCUT2D eigenvalue weighted by atomic mass is 32.1. The number of aromatic nitrogens is 1. The molecule has 0 fully saturated rings. The number of benzene rings is 2. The molecule has 1 amide bonds. The number of amides is 1. The van der Waals surface area contributed by atoms with Crippen molar-refractivity contribution in [2.24, 2.45) is 0 Å². The van der Waals surface area contributed by atoms with Crippen molar-refractivity contribution in [3.8, 4) is 16.3 Å². The summed E-state index contributed by atoms with van der Waals surface area (Å²) in [6.45, 7) is 8.57. The van der Waals surface area contributed by atoms with E-state index in [1.165, 1.54) is 5.56 Å². The molecule has 0 unspecified atom stereocenters. The first-order valence-corrected chi connectivity index (χ1v) is 10.7. The fourth-order valence-electron chi connectivity index (χ4n) is 3.03. The number of hydrogen-bond acceptors (Lipinski definition) is 4. The summed E-state index contributed by atoms with van der Waals surface area (Å²) in [5, 5.41) is 5.87. The van der Waals surface area contributed by atoms with Gasteiger partial charge in [-0.3, -0.25) is 4.79 Å². The average molecular weight is 409 g/mol. The number of rotatable bonds is 6. The van der Waals surface area contributed by atoms with Gasteiger partial charge >= 0.3 is 0 Å². The first-order valence-electron chi connectivity index (χ1n) is 9.82. The van der Waals surface area contributed by atoms with E-state index in [9.17, 15) is 4.79 Å². The monoisotopic (exact) mass is 408 g/mol. The molecule has 0 aliphatic carbocycles. The van der Waals surface area contributed by atoms with Crippen LogP contribution >= 0.6 is 11.3 Å². The van der Waals surface area contributed by atoms with Crippen molar-refractivity contribution in [3.05, 3.63) is 64.7 Å². The number of carbonyl (C=O) groups excluding carboxylic acids is 1. The van der Waals surface area contributed by atoms with Crippen molar-refractivity contribution >= 4 is 22.9 Å². The van der Waals surface area contributed by atoms with Gasteiger partial charge in [0.1, 0.15) is 10.8 Å². The van der Waals surface area contributed by atoms with Gasteiger partial charge in [0.25, 0.3) is 0 Å². The molecule has 0 bridgehead atoms. The Bertz CT molecular complexity index is 985. The summed E-state index contributed by atoms with van der Waals surface area (Å²) in [5.41, 5.74) is 4.97. The Balaban J connectivity index is 1.72. The van der Waals surface area contributed by atoms with Crippen LogP contribution in [0.2, 0.25) is 0 Å². The smallest absolute Gasteiger partial charge is 0.230 e. The largest absolute Gasteiger partial charge is 0.495 e. The minimum atomic E-state index is -0.104. The van der Waals surface area contributed by atoms with Crippen molar-refractivity contribution in [1.29, 1.82) is 0 Å². The molecule has 1 N–H and O–H groups in total. The van der Waals surface area contributed by atoms with Crippen LogP contribution in [0.25, 0.3) is 10.6 Å². The van der Waals surface area contributed by atoms with E-state index in [1.54, 1.807) is 18.4 Å². The predicted molar refractivity (Wildman–Crippen MR) is 121 cm³/mol. The van der Waals surface area contributed by atoms with E-state index < -0.39 is 0 Å². The Morgan fingerprint density at radius 2 is 1.86 bits per heavy atom. The second kappa shape index (κ2) is 8.78. The Morgan fingerprint density at radius 3 is 2.48 bits per heavy atom. The maximum atomic E-state index is 12.6. The molecule has 0 aliphatic heterocycles. The topological polar surface area (TPSA) is 51.2 Å². The van der Waals surface area contributed by atoms with Gasteiger partial charge < -0.3 is 10.1 Å². The summed E-state index contributed by atoms with van der Waals surface area (Å²) in [6.07, 6.45) is 1.25. The second-order valence-electron chi connectivity index (χ2n) is 8.08. The number of nitrogens with zero attached hydrogens (tertiary/aromatic N) is 1. The van der Waals surface area contributed by atoms with Crippen LogP contribution < -0.4 is 10.1 Å². The van der Waals surface area contributed by atoms with Gasteiger partial charge in [0.2, 0.25) is 5.91 Å². The Morgan fingerprint density at radius 1 is 1.14 bits per heavy atom. The number of ether oxygens (including phenoxy) is 1. The third-order valence-electron chi connectivity index (χ3n) is 4.84. The highest BCUT2D eigenvalue weighted by Gasteiger charge is 2.17. The van der Waals surface area contributed by atoms with Crippen LogP contribution in [0.3, 0.4) is 0 Å². The molecular weight excluding hydrogens is 380 g/mol. The predicted octanol–water partition coefficient (Wildman–Crippen LogP) is 5.86. The van der Waals surface area contributed by atoms with Crippen molar-refractivity contribution in [1.82, 2.24) is 4.98 Å². The summed E-state index contributed by atoms with van der Waals surface area (Å²) in [7, 11) is 1.61. The average Bonchev–Trinajstić information content (AvgIpc) is 3.15. The van der Waals surface area contributed by atoms with Crippen molar-refractivity contribution in [3.63, 3.8) is 0 Å². The molecule has 0 atom stereocenters.